The van der Waals surface area contributed by atoms with Crippen LogP contribution in [0.2, 0.25) is 0 Å². The fourth-order valence-corrected chi connectivity index (χ4v) is 2.45. The van der Waals surface area contributed by atoms with Gasteiger partial charge in [0.2, 0.25) is 0 Å². The smallest absolute Gasteiger partial charge is 0.276 e. The van der Waals surface area contributed by atoms with E-state index in [1.807, 2.05) is 24.3 Å². The second-order valence-electron chi connectivity index (χ2n) is 5.25. The third-order valence-electron chi connectivity index (χ3n) is 3.75. The Balaban J connectivity index is 1.91. The van der Waals surface area contributed by atoms with Crippen LogP contribution in [0.4, 0.5) is 0 Å². The highest BCUT2D eigenvalue weighted by Gasteiger charge is 2.10. The van der Waals surface area contributed by atoms with E-state index in [-0.39, 0.29) is 12.2 Å². The molecule has 0 saturated heterocycles. The van der Waals surface area contributed by atoms with Crippen LogP contribution in [0.3, 0.4) is 0 Å². The standard InChI is InChI=1S/C18H18N2O4/c1-20-17-7-5-4-6-15(17)19-16(18(20)21)11-24-14-9-12(22-2)8-13(10-14)23-3/h4-10H,11H2,1-3H3. The van der Waals surface area contributed by atoms with Gasteiger partial charge >= 0.3 is 0 Å². The van der Waals surface area contributed by atoms with Gasteiger partial charge < -0.3 is 18.8 Å². The molecule has 0 saturated carbocycles. The second-order valence-corrected chi connectivity index (χ2v) is 5.25. The van der Waals surface area contributed by atoms with Gasteiger partial charge in [0.25, 0.3) is 5.56 Å². The number of para-hydroxylation sites is 2. The monoisotopic (exact) mass is 326 g/mol. The van der Waals surface area contributed by atoms with Crippen molar-refractivity contribution in [2.24, 2.45) is 7.05 Å². The SMILES string of the molecule is COc1cc(OC)cc(OCc2nc3ccccc3n(C)c2=O)c1. The number of methoxy groups -OCH3 is 2. The number of hydrogen-bond donors (Lipinski definition) is 0. The van der Waals surface area contributed by atoms with Crippen molar-refractivity contribution in [2.75, 3.05) is 14.2 Å². The van der Waals surface area contributed by atoms with Crippen LogP contribution in [0.5, 0.6) is 17.2 Å². The van der Waals surface area contributed by atoms with Crippen LogP contribution in [0, 0.1) is 0 Å². The zero-order valence-corrected chi connectivity index (χ0v) is 13.8. The van der Waals surface area contributed by atoms with E-state index in [2.05, 4.69) is 4.98 Å². The number of rotatable bonds is 5. The molecular formula is C18H18N2O4. The summed E-state index contributed by atoms with van der Waals surface area (Å²) in [5.74, 6) is 1.77. The van der Waals surface area contributed by atoms with Crippen molar-refractivity contribution in [2.45, 2.75) is 6.61 Å². The lowest BCUT2D eigenvalue weighted by atomic mass is 10.3. The Morgan fingerprint density at radius 1 is 1.00 bits per heavy atom. The van der Waals surface area contributed by atoms with Crippen molar-refractivity contribution in [1.29, 1.82) is 0 Å². The van der Waals surface area contributed by atoms with Gasteiger partial charge in [-0.25, -0.2) is 4.98 Å². The Kier molecular flexibility index (Phi) is 4.37. The maximum Gasteiger partial charge on any atom is 0.276 e. The largest absolute Gasteiger partial charge is 0.496 e. The molecule has 0 aliphatic rings. The van der Waals surface area contributed by atoms with Crippen LogP contribution in [-0.2, 0) is 13.7 Å². The minimum atomic E-state index is -0.177. The topological polar surface area (TPSA) is 62.6 Å². The van der Waals surface area contributed by atoms with E-state index in [1.54, 1.807) is 44.0 Å². The maximum absolute atomic E-state index is 12.4. The van der Waals surface area contributed by atoms with Crippen LogP contribution in [-0.4, -0.2) is 23.8 Å². The Hall–Kier alpha value is -3.02. The summed E-state index contributed by atoms with van der Waals surface area (Å²) in [4.78, 5) is 16.8. The first-order valence-corrected chi connectivity index (χ1v) is 7.43. The van der Waals surface area contributed by atoms with E-state index >= 15 is 0 Å². The van der Waals surface area contributed by atoms with Crippen LogP contribution >= 0.6 is 0 Å². The minimum absolute atomic E-state index is 0.0633. The average molecular weight is 326 g/mol. The quantitative estimate of drug-likeness (QED) is 0.721. The van der Waals surface area contributed by atoms with E-state index in [0.29, 0.717) is 22.9 Å². The molecule has 6 nitrogen and oxygen atoms in total. The van der Waals surface area contributed by atoms with Gasteiger partial charge in [-0.15, -0.1) is 0 Å². The van der Waals surface area contributed by atoms with Gasteiger partial charge in [-0.2, -0.15) is 0 Å². The summed E-state index contributed by atoms with van der Waals surface area (Å²) in [5.41, 5.74) is 1.71. The first-order chi connectivity index (χ1) is 11.6. The van der Waals surface area contributed by atoms with Crippen LogP contribution in [0.15, 0.2) is 47.3 Å². The maximum atomic E-state index is 12.4. The highest BCUT2D eigenvalue weighted by atomic mass is 16.5. The molecule has 0 unspecified atom stereocenters. The van der Waals surface area contributed by atoms with Crippen molar-refractivity contribution in [3.63, 3.8) is 0 Å². The Morgan fingerprint density at radius 2 is 1.62 bits per heavy atom. The van der Waals surface area contributed by atoms with Gasteiger partial charge in [0.05, 0.1) is 25.3 Å². The van der Waals surface area contributed by atoms with Crippen LogP contribution < -0.4 is 19.8 Å². The number of fused-ring (bicyclic) bond motifs is 1. The lowest BCUT2D eigenvalue weighted by Gasteiger charge is -2.11. The molecule has 0 fully saturated rings. The molecule has 0 atom stereocenters. The third-order valence-corrected chi connectivity index (χ3v) is 3.75. The van der Waals surface area contributed by atoms with Crippen molar-refractivity contribution in [3.05, 3.63) is 58.5 Å². The zero-order valence-electron chi connectivity index (χ0n) is 13.8. The lowest BCUT2D eigenvalue weighted by molar-refractivity contribution is 0.294. The first-order valence-electron chi connectivity index (χ1n) is 7.43. The molecule has 24 heavy (non-hydrogen) atoms. The van der Waals surface area contributed by atoms with E-state index in [0.717, 1.165) is 11.0 Å². The molecule has 0 aliphatic carbocycles. The number of hydrogen-bond acceptors (Lipinski definition) is 5. The molecule has 0 aliphatic heterocycles. The van der Waals surface area contributed by atoms with Gasteiger partial charge in [0, 0.05) is 25.2 Å². The van der Waals surface area contributed by atoms with E-state index in [4.69, 9.17) is 14.2 Å². The number of ether oxygens (including phenoxy) is 3. The Labute approximate surface area is 139 Å². The molecule has 1 heterocycles. The molecule has 0 bridgehead atoms. The second kappa shape index (κ2) is 6.62. The number of benzene rings is 2. The molecule has 3 aromatic rings. The Bertz CT molecular complexity index is 912. The molecule has 0 amide bonds. The minimum Gasteiger partial charge on any atom is -0.496 e. The fourth-order valence-electron chi connectivity index (χ4n) is 2.45. The predicted molar refractivity (Wildman–Crippen MR) is 90.9 cm³/mol. The summed E-state index contributed by atoms with van der Waals surface area (Å²) in [6.07, 6.45) is 0. The van der Waals surface area contributed by atoms with Crippen molar-refractivity contribution >= 4 is 11.0 Å². The van der Waals surface area contributed by atoms with Crippen LogP contribution in [0.1, 0.15) is 5.69 Å². The van der Waals surface area contributed by atoms with E-state index < -0.39 is 0 Å². The number of aryl methyl sites for hydroxylation is 1. The molecule has 0 radical (unpaired) electrons. The summed E-state index contributed by atoms with van der Waals surface area (Å²) < 4.78 is 17.7. The summed E-state index contributed by atoms with van der Waals surface area (Å²) in [6.45, 7) is 0.0633. The lowest BCUT2D eigenvalue weighted by Crippen LogP contribution is -2.24. The molecular weight excluding hydrogens is 308 g/mol. The summed E-state index contributed by atoms with van der Waals surface area (Å²) in [7, 11) is 4.86. The predicted octanol–water partition coefficient (Wildman–Crippen LogP) is 2.53. The molecule has 2 aromatic carbocycles. The van der Waals surface area contributed by atoms with E-state index in [9.17, 15) is 4.79 Å². The number of nitrogens with zero attached hydrogens (tertiary/aromatic N) is 2. The van der Waals surface area contributed by atoms with E-state index in [1.165, 1.54) is 0 Å². The normalized spacial score (nSPS) is 10.6. The van der Waals surface area contributed by atoms with Crippen molar-refractivity contribution < 1.29 is 14.2 Å². The molecule has 6 heteroatoms. The first kappa shape index (κ1) is 15.9. The molecule has 124 valence electrons. The third kappa shape index (κ3) is 3.03. The molecule has 1 aromatic heterocycles. The fraction of sp³-hybridized carbons (Fsp3) is 0.222. The molecule has 0 N–H and O–H groups in total. The summed E-state index contributed by atoms with van der Waals surface area (Å²) in [6, 6.07) is 12.7. The zero-order chi connectivity index (χ0) is 17.1. The van der Waals surface area contributed by atoms with Crippen molar-refractivity contribution in [1.82, 2.24) is 9.55 Å². The van der Waals surface area contributed by atoms with Crippen LogP contribution in [0.25, 0.3) is 11.0 Å². The average Bonchev–Trinajstić information content (AvgIpc) is 2.63. The van der Waals surface area contributed by atoms with Crippen molar-refractivity contribution in [3.8, 4) is 17.2 Å². The molecule has 0 spiro atoms. The van der Waals surface area contributed by atoms with Gasteiger partial charge in [-0.3, -0.25) is 4.79 Å². The number of aromatic nitrogens is 2. The van der Waals surface area contributed by atoms with Gasteiger partial charge in [-0.05, 0) is 12.1 Å². The Morgan fingerprint density at radius 3 is 2.29 bits per heavy atom. The van der Waals surface area contributed by atoms with Gasteiger partial charge in [-0.1, -0.05) is 12.1 Å². The highest BCUT2D eigenvalue weighted by molar-refractivity contribution is 5.74. The molecule has 3 rings (SSSR count). The summed E-state index contributed by atoms with van der Waals surface area (Å²) >= 11 is 0. The van der Waals surface area contributed by atoms with Gasteiger partial charge in [0.1, 0.15) is 29.5 Å². The van der Waals surface area contributed by atoms with Gasteiger partial charge in [0.15, 0.2) is 0 Å². The summed E-state index contributed by atoms with van der Waals surface area (Å²) in [5, 5.41) is 0. The highest BCUT2D eigenvalue weighted by Crippen LogP contribution is 2.27.